The molecule has 2 aliphatic rings. The number of rotatable bonds is 4. The summed E-state index contributed by atoms with van der Waals surface area (Å²) in [5.41, 5.74) is 0.830. The fourth-order valence-corrected chi connectivity index (χ4v) is 3.66. The van der Waals surface area contributed by atoms with Crippen LogP contribution in [0.15, 0.2) is 6.33 Å². The van der Waals surface area contributed by atoms with Crippen LogP contribution in [0.3, 0.4) is 0 Å². The minimum atomic E-state index is -0.434. The molecule has 2 saturated heterocycles. The Bertz CT molecular complexity index is 619. The van der Waals surface area contributed by atoms with Crippen molar-refractivity contribution in [1.82, 2.24) is 19.8 Å². The van der Waals surface area contributed by atoms with E-state index < -0.39 is 5.60 Å². The molecule has 3 heterocycles. The predicted octanol–water partition coefficient (Wildman–Crippen LogP) is 2.33. The molecular formula is C17H26N4O3. The lowest BCUT2D eigenvalue weighted by molar-refractivity contribution is 0.00289. The number of nitrogens with one attached hydrogen (secondary N) is 1. The summed E-state index contributed by atoms with van der Waals surface area (Å²) < 4.78 is 5.74. The van der Waals surface area contributed by atoms with Crippen molar-refractivity contribution in [3.63, 3.8) is 0 Å². The first kappa shape index (κ1) is 16.8. The molecule has 1 aromatic rings. The lowest BCUT2D eigenvalue weighted by Crippen LogP contribution is -2.49. The first-order valence-electron chi connectivity index (χ1n) is 8.74. The highest BCUT2D eigenvalue weighted by Gasteiger charge is 2.48. The van der Waals surface area contributed by atoms with Gasteiger partial charge in [0, 0.05) is 37.7 Å². The van der Waals surface area contributed by atoms with E-state index >= 15 is 0 Å². The fourth-order valence-electron chi connectivity index (χ4n) is 3.66. The van der Waals surface area contributed by atoms with Crippen LogP contribution in [0, 0.1) is 6.92 Å². The number of aromatic nitrogens is 2. The lowest BCUT2D eigenvalue weighted by Gasteiger charge is -2.37. The summed E-state index contributed by atoms with van der Waals surface area (Å²) in [5, 5.41) is 0. The van der Waals surface area contributed by atoms with Gasteiger partial charge >= 0.3 is 6.09 Å². The number of aryl methyl sites for hydroxylation is 1. The Kier molecular flexibility index (Phi) is 4.51. The molecule has 0 aromatic carbocycles. The molecular weight excluding hydrogens is 308 g/mol. The molecule has 132 valence electrons. The molecule has 0 bridgehead atoms. The lowest BCUT2D eigenvalue weighted by atomic mass is 9.90. The standard InChI is InChI=1S/C17H26N4O3/c1-4-5-12(2)21-10-17(24-16(21)23)6-8-20(9-7-17)15(22)14-13(3)18-11-19-14/h11-12H,4-10H2,1-3H3,(H,18,19)/t12-/m0/s1. The van der Waals surface area contributed by atoms with Crippen LogP contribution in [0.2, 0.25) is 0 Å². The smallest absolute Gasteiger partial charge is 0.410 e. The van der Waals surface area contributed by atoms with Crippen LogP contribution in [0.4, 0.5) is 4.79 Å². The van der Waals surface area contributed by atoms with Gasteiger partial charge in [-0.2, -0.15) is 0 Å². The SMILES string of the molecule is CCC[C@H](C)N1CC2(CCN(C(=O)c3nc[nH]c3C)CC2)OC1=O. The third-order valence-corrected chi connectivity index (χ3v) is 5.23. The number of carbonyl (C=O) groups is 2. The molecule has 7 nitrogen and oxygen atoms in total. The molecule has 3 rings (SSSR count). The van der Waals surface area contributed by atoms with Gasteiger partial charge in [-0.25, -0.2) is 9.78 Å². The molecule has 2 fully saturated rings. The van der Waals surface area contributed by atoms with E-state index in [1.165, 1.54) is 0 Å². The Labute approximate surface area is 142 Å². The first-order valence-corrected chi connectivity index (χ1v) is 8.74. The van der Waals surface area contributed by atoms with E-state index in [0.717, 1.165) is 18.5 Å². The van der Waals surface area contributed by atoms with Gasteiger partial charge in [0.05, 0.1) is 12.9 Å². The minimum absolute atomic E-state index is 0.0517. The second kappa shape index (κ2) is 6.45. The summed E-state index contributed by atoms with van der Waals surface area (Å²) in [5.74, 6) is -0.0517. The van der Waals surface area contributed by atoms with Gasteiger partial charge in [-0.05, 0) is 20.3 Å². The zero-order valence-corrected chi connectivity index (χ0v) is 14.7. The summed E-state index contributed by atoms with van der Waals surface area (Å²) in [7, 11) is 0. The number of imidazole rings is 1. The number of aromatic amines is 1. The number of likely N-dealkylation sites (tertiary alicyclic amines) is 1. The molecule has 24 heavy (non-hydrogen) atoms. The molecule has 1 aromatic heterocycles. The Morgan fingerprint density at radius 2 is 2.17 bits per heavy atom. The highest BCUT2D eigenvalue weighted by molar-refractivity contribution is 5.93. The molecule has 0 saturated carbocycles. The maximum absolute atomic E-state index is 12.5. The average Bonchev–Trinajstić information content (AvgIpc) is 3.11. The van der Waals surface area contributed by atoms with Gasteiger partial charge in [-0.15, -0.1) is 0 Å². The van der Waals surface area contributed by atoms with Crippen LogP contribution in [-0.4, -0.2) is 63.0 Å². The van der Waals surface area contributed by atoms with Crippen LogP contribution >= 0.6 is 0 Å². The third-order valence-electron chi connectivity index (χ3n) is 5.23. The number of nitrogens with zero attached hydrogens (tertiary/aromatic N) is 3. The third kappa shape index (κ3) is 2.99. The Hall–Kier alpha value is -2.05. The summed E-state index contributed by atoms with van der Waals surface area (Å²) in [6, 6.07) is 0.202. The molecule has 7 heteroatoms. The summed E-state index contributed by atoms with van der Waals surface area (Å²) in [6.07, 6.45) is 4.72. The molecule has 1 N–H and O–H groups in total. The Morgan fingerprint density at radius 3 is 2.75 bits per heavy atom. The second-order valence-electron chi connectivity index (χ2n) is 6.98. The van der Waals surface area contributed by atoms with Gasteiger partial charge in [0.15, 0.2) is 0 Å². The highest BCUT2D eigenvalue weighted by Crippen LogP contribution is 2.35. The van der Waals surface area contributed by atoms with Gasteiger partial charge in [0.1, 0.15) is 11.3 Å². The summed E-state index contributed by atoms with van der Waals surface area (Å²) in [6.45, 7) is 7.86. The van der Waals surface area contributed by atoms with E-state index in [1.54, 1.807) is 11.2 Å². The largest absolute Gasteiger partial charge is 0.441 e. The van der Waals surface area contributed by atoms with E-state index in [-0.39, 0.29) is 18.0 Å². The number of piperidine rings is 1. The number of hydrogen-bond donors (Lipinski definition) is 1. The van der Waals surface area contributed by atoms with Crippen LogP contribution < -0.4 is 0 Å². The van der Waals surface area contributed by atoms with Crippen LogP contribution in [0.25, 0.3) is 0 Å². The van der Waals surface area contributed by atoms with Crippen molar-refractivity contribution < 1.29 is 14.3 Å². The van der Waals surface area contributed by atoms with E-state index in [0.29, 0.717) is 38.2 Å². The van der Waals surface area contributed by atoms with Gasteiger partial charge in [-0.1, -0.05) is 13.3 Å². The maximum Gasteiger partial charge on any atom is 0.410 e. The van der Waals surface area contributed by atoms with E-state index in [1.807, 2.05) is 11.8 Å². The van der Waals surface area contributed by atoms with Gasteiger partial charge in [0.25, 0.3) is 5.91 Å². The quantitative estimate of drug-likeness (QED) is 0.916. The van der Waals surface area contributed by atoms with Gasteiger partial charge in [0.2, 0.25) is 0 Å². The van der Waals surface area contributed by atoms with Crippen molar-refractivity contribution in [2.24, 2.45) is 0 Å². The second-order valence-corrected chi connectivity index (χ2v) is 6.98. The number of hydrogen-bond acceptors (Lipinski definition) is 4. The molecule has 1 spiro atoms. The van der Waals surface area contributed by atoms with Crippen LogP contribution in [-0.2, 0) is 4.74 Å². The van der Waals surface area contributed by atoms with Gasteiger partial charge in [-0.3, -0.25) is 4.79 Å². The fraction of sp³-hybridized carbons (Fsp3) is 0.706. The van der Waals surface area contributed by atoms with Crippen molar-refractivity contribution in [2.45, 2.75) is 58.1 Å². The Balaban J connectivity index is 1.62. The van der Waals surface area contributed by atoms with Crippen molar-refractivity contribution in [1.29, 1.82) is 0 Å². The zero-order chi connectivity index (χ0) is 17.3. The van der Waals surface area contributed by atoms with Crippen LogP contribution in [0.1, 0.15) is 55.7 Å². The molecule has 0 aliphatic carbocycles. The molecule has 0 unspecified atom stereocenters. The molecule has 1 atom stereocenters. The van der Waals surface area contributed by atoms with Crippen LogP contribution in [0.5, 0.6) is 0 Å². The summed E-state index contributed by atoms with van der Waals surface area (Å²) >= 11 is 0. The Morgan fingerprint density at radius 1 is 1.46 bits per heavy atom. The van der Waals surface area contributed by atoms with Crippen molar-refractivity contribution in [3.05, 3.63) is 17.7 Å². The van der Waals surface area contributed by atoms with Crippen molar-refractivity contribution >= 4 is 12.0 Å². The first-order chi connectivity index (χ1) is 11.5. The normalized spacial score (nSPS) is 21.2. The summed E-state index contributed by atoms with van der Waals surface area (Å²) in [4.78, 5) is 35.5. The molecule has 2 amide bonds. The maximum atomic E-state index is 12.5. The topological polar surface area (TPSA) is 78.5 Å². The minimum Gasteiger partial charge on any atom is -0.441 e. The molecule has 2 aliphatic heterocycles. The predicted molar refractivity (Wildman–Crippen MR) is 88.8 cm³/mol. The molecule has 0 radical (unpaired) electrons. The number of H-pyrrole nitrogens is 1. The highest BCUT2D eigenvalue weighted by atomic mass is 16.6. The van der Waals surface area contributed by atoms with Crippen molar-refractivity contribution in [2.75, 3.05) is 19.6 Å². The average molecular weight is 334 g/mol. The van der Waals surface area contributed by atoms with E-state index in [9.17, 15) is 9.59 Å². The zero-order valence-electron chi connectivity index (χ0n) is 14.7. The number of carbonyl (C=O) groups excluding carboxylic acids is 2. The number of ether oxygens (including phenoxy) is 1. The van der Waals surface area contributed by atoms with Gasteiger partial charge < -0.3 is 19.5 Å². The van der Waals surface area contributed by atoms with E-state index in [4.69, 9.17) is 4.74 Å². The van der Waals surface area contributed by atoms with E-state index in [2.05, 4.69) is 23.8 Å². The number of amides is 2. The van der Waals surface area contributed by atoms with Crippen molar-refractivity contribution in [3.8, 4) is 0 Å². The monoisotopic (exact) mass is 334 g/mol.